The molecule has 3 heterocycles. The summed E-state index contributed by atoms with van der Waals surface area (Å²) < 4.78 is 5.19. The maximum absolute atomic E-state index is 11.4. The highest BCUT2D eigenvalue weighted by molar-refractivity contribution is 7.98. The summed E-state index contributed by atoms with van der Waals surface area (Å²) in [5.41, 5.74) is 0.848. The third-order valence-electron chi connectivity index (χ3n) is 4.08. The molecule has 0 aromatic carbocycles. The van der Waals surface area contributed by atoms with Gasteiger partial charge in [-0.3, -0.25) is 4.79 Å². The molecule has 138 valence electrons. The molecule has 1 aliphatic rings. The lowest BCUT2D eigenvalue weighted by Crippen LogP contribution is -2.48. The van der Waals surface area contributed by atoms with Crippen LogP contribution in [0.4, 0.5) is 5.82 Å². The van der Waals surface area contributed by atoms with E-state index in [0.29, 0.717) is 29.8 Å². The second-order valence-electron chi connectivity index (χ2n) is 5.99. The van der Waals surface area contributed by atoms with Crippen molar-refractivity contribution in [3.8, 4) is 0 Å². The molecule has 0 N–H and O–H groups in total. The van der Waals surface area contributed by atoms with Gasteiger partial charge in [-0.05, 0) is 19.1 Å². The highest BCUT2D eigenvalue weighted by Crippen LogP contribution is 2.24. The fourth-order valence-corrected chi connectivity index (χ4v) is 3.50. The van der Waals surface area contributed by atoms with Crippen LogP contribution >= 0.6 is 11.8 Å². The number of aromatic nitrogens is 2. The number of amides is 1. The number of rotatable bonds is 5. The summed E-state index contributed by atoms with van der Waals surface area (Å²) in [5, 5.41) is 11.3. The smallest absolute Gasteiger partial charge is 0.219 e. The van der Waals surface area contributed by atoms with Crippen molar-refractivity contribution < 1.29 is 19.1 Å². The zero-order chi connectivity index (χ0) is 18.7. The lowest BCUT2D eigenvalue weighted by Gasteiger charge is -2.35. The van der Waals surface area contributed by atoms with E-state index in [9.17, 15) is 14.7 Å². The molecule has 26 heavy (non-hydrogen) atoms. The van der Waals surface area contributed by atoms with E-state index in [1.165, 1.54) is 17.8 Å². The summed E-state index contributed by atoms with van der Waals surface area (Å²) >= 11 is 1.38. The lowest BCUT2D eigenvalue weighted by molar-refractivity contribution is -0.257. The largest absolute Gasteiger partial charge is 0.542 e. The maximum Gasteiger partial charge on any atom is 0.219 e. The van der Waals surface area contributed by atoms with Crippen LogP contribution in [0.2, 0.25) is 0 Å². The molecule has 2 aromatic rings. The van der Waals surface area contributed by atoms with Gasteiger partial charge in [0.2, 0.25) is 5.91 Å². The molecule has 2 aromatic heterocycles. The number of aryl methyl sites for hydroxylation is 1. The van der Waals surface area contributed by atoms with Crippen LogP contribution in [0.1, 0.15) is 28.9 Å². The molecular formula is C17H19N4O4S-. The number of carboxylic acids is 1. The Bertz CT molecular complexity index is 815. The summed E-state index contributed by atoms with van der Waals surface area (Å²) in [6.45, 7) is 6.31. The van der Waals surface area contributed by atoms with Crippen LogP contribution in [0.3, 0.4) is 0 Å². The molecule has 0 bridgehead atoms. The zero-order valence-electron chi connectivity index (χ0n) is 14.6. The molecule has 0 aliphatic carbocycles. The average Bonchev–Trinajstić information content (AvgIpc) is 3.09. The van der Waals surface area contributed by atoms with Gasteiger partial charge in [-0.15, -0.1) is 0 Å². The Morgan fingerprint density at radius 3 is 2.58 bits per heavy atom. The van der Waals surface area contributed by atoms with E-state index >= 15 is 0 Å². The van der Waals surface area contributed by atoms with Crippen molar-refractivity contribution in [2.45, 2.75) is 24.8 Å². The number of anilines is 1. The fraction of sp³-hybridized carbons (Fsp3) is 0.412. The van der Waals surface area contributed by atoms with Crippen molar-refractivity contribution in [1.82, 2.24) is 14.9 Å². The number of nitrogens with zero attached hydrogens (tertiary/aromatic N) is 4. The van der Waals surface area contributed by atoms with Crippen LogP contribution in [-0.4, -0.2) is 52.9 Å². The minimum atomic E-state index is -1.33. The minimum absolute atomic E-state index is 0.0918. The number of thioether (sulfide) groups is 1. The van der Waals surface area contributed by atoms with E-state index in [4.69, 9.17) is 4.42 Å². The van der Waals surface area contributed by atoms with E-state index in [0.717, 1.165) is 24.6 Å². The number of hydrogen-bond donors (Lipinski definition) is 0. The second-order valence-corrected chi connectivity index (χ2v) is 6.93. The number of piperazine rings is 1. The highest BCUT2D eigenvalue weighted by Gasteiger charge is 2.20. The molecule has 1 fully saturated rings. The number of carbonyl (C=O) groups is 2. The molecule has 1 amide bonds. The van der Waals surface area contributed by atoms with E-state index in [1.54, 1.807) is 13.0 Å². The Morgan fingerprint density at radius 1 is 1.23 bits per heavy atom. The van der Waals surface area contributed by atoms with Crippen LogP contribution < -0.4 is 10.0 Å². The van der Waals surface area contributed by atoms with Gasteiger partial charge < -0.3 is 24.1 Å². The van der Waals surface area contributed by atoms with Gasteiger partial charge in [0, 0.05) is 44.9 Å². The number of furan rings is 1. The summed E-state index contributed by atoms with van der Waals surface area (Å²) in [6.07, 6.45) is 0. The molecule has 3 rings (SSSR count). The molecule has 1 aliphatic heterocycles. The summed E-state index contributed by atoms with van der Waals surface area (Å²) in [6, 6.07) is 4.91. The van der Waals surface area contributed by atoms with E-state index < -0.39 is 5.97 Å². The van der Waals surface area contributed by atoms with Crippen LogP contribution in [-0.2, 0) is 10.5 Å². The molecule has 0 atom stereocenters. The summed E-state index contributed by atoms with van der Waals surface area (Å²) in [4.78, 5) is 35.2. The van der Waals surface area contributed by atoms with Crippen LogP contribution in [0, 0.1) is 6.92 Å². The Morgan fingerprint density at radius 2 is 1.96 bits per heavy atom. The minimum Gasteiger partial charge on any atom is -0.542 e. The quantitative estimate of drug-likeness (QED) is 0.556. The average molecular weight is 375 g/mol. The third kappa shape index (κ3) is 4.34. The van der Waals surface area contributed by atoms with Crippen LogP contribution in [0.5, 0.6) is 0 Å². The number of carboxylic acid groups (broad SMARTS) is 1. The summed E-state index contributed by atoms with van der Waals surface area (Å²) in [7, 11) is 0. The van der Waals surface area contributed by atoms with Gasteiger partial charge in [-0.2, -0.15) is 0 Å². The van der Waals surface area contributed by atoms with E-state index in [-0.39, 0.29) is 11.7 Å². The first-order valence-corrected chi connectivity index (χ1v) is 9.20. The Hall–Kier alpha value is -2.55. The third-order valence-corrected chi connectivity index (χ3v) is 4.95. The molecular weight excluding hydrogens is 356 g/mol. The second kappa shape index (κ2) is 7.77. The molecule has 8 nitrogen and oxygen atoms in total. The molecule has 0 saturated carbocycles. The van der Waals surface area contributed by atoms with Gasteiger partial charge in [0.15, 0.2) is 5.16 Å². The maximum atomic E-state index is 11.4. The molecule has 0 radical (unpaired) electrons. The first-order chi connectivity index (χ1) is 12.4. The molecule has 0 spiro atoms. The molecule has 9 heteroatoms. The van der Waals surface area contributed by atoms with Crippen molar-refractivity contribution in [2.24, 2.45) is 0 Å². The van der Waals surface area contributed by atoms with E-state index in [1.807, 2.05) is 17.9 Å². The van der Waals surface area contributed by atoms with Gasteiger partial charge in [0.05, 0.1) is 5.75 Å². The fourth-order valence-electron chi connectivity index (χ4n) is 2.70. The Labute approximate surface area is 155 Å². The van der Waals surface area contributed by atoms with E-state index in [2.05, 4.69) is 14.9 Å². The SMILES string of the molecule is CC(=O)N1CCN(c2cc(C)nc(SCc3ccc(C(=O)[O-])o3)n2)CC1. The van der Waals surface area contributed by atoms with Crippen molar-refractivity contribution in [3.05, 3.63) is 35.4 Å². The van der Waals surface area contributed by atoms with Gasteiger partial charge in [0.1, 0.15) is 23.3 Å². The highest BCUT2D eigenvalue weighted by atomic mass is 32.2. The molecule has 1 saturated heterocycles. The predicted octanol–water partition coefficient (Wildman–Crippen LogP) is 0.702. The Balaban J connectivity index is 1.65. The van der Waals surface area contributed by atoms with Crippen molar-refractivity contribution in [2.75, 3.05) is 31.1 Å². The lowest BCUT2D eigenvalue weighted by atomic mass is 10.3. The topological polar surface area (TPSA) is 103 Å². The summed E-state index contributed by atoms with van der Waals surface area (Å²) in [5.74, 6) is 0.354. The first kappa shape index (κ1) is 18.2. The van der Waals surface area contributed by atoms with Crippen molar-refractivity contribution in [1.29, 1.82) is 0 Å². The zero-order valence-corrected chi connectivity index (χ0v) is 15.4. The first-order valence-electron chi connectivity index (χ1n) is 8.21. The Kier molecular flexibility index (Phi) is 5.46. The van der Waals surface area contributed by atoms with Gasteiger partial charge in [0.25, 0.3) is 0 Å². The standard InChI is InChI=1S/C17H20N4O4S/c1-11-9-15(21-7-5-20(6-8-21)12(2)22)19-17(18-11)26-10-13-3-4-14(25-13)16(23)24/h3-4,9H,5-8,10H2,1-2H3,(H,23,24)/p-1. The predicted molar refractivity (Wildman–Crippen MR) is 93.8 cm³/mol. The molecule has 0 unspecified atom stereocenters. The number of carbonyl (C=O) groups excluding carboxylic acids is 2. The van der Waals surface area contributed by atoms with Crippen LogP contribution in [0.25, 0.3) is 0 Å². The van der Waals surface area contributed by atoms with Gasteiger partial charge in [-0.1, -0.05) is 11.8 Å². The van der Waals surface area contributed by atoms with Crippen molar-refractivity contribution >= 4 is 29.5 Å². The van der Waals surface area contributed by atoms with Crippen molar-refractivity contribution in [3.63, 3.8) is 0 Å². The van der Waals surface area contributed by atoms with Gasteiger partial charge >= 0.3 is 0 Å². The van der Waals surface area contributed by atoms with Gasteiger partial charge in [-0.25, -0.2) is 9.97 Å². The monoisotopic (exact) mass is 375 g/mol. The normalized spacial score (nSPS) is 14.5. The number of hydrogen-bond acceptors (Lipinski definition) is 8. The van der Waals surface area contributed by atoms with Crippen LogP contribution in [0.15, 0.2) is 27.8 Å². The number of aromatic carboxylic acids is 1.